The van der Waals surface area contributed by atoms with Crippen LogP contribution in [0.25, 0.3) is 0 Å². The number of rotatable bonds is 0. The van der Waals surface area contributed by atoms with Crippen molar-refractivity contribution in [2.75, 3.05) is 0 Å². The van der Waals surface area contributed by atoms with Gasteiger partial charge >= 0.3 is 0 Å². The first kappa shape index (κ1) is 9.90. The molecule has 4 nitrogen and oxygen atoms in total. The lowest BCUT2D eigenvalue weighted by Gasteiger charge is -2.39. The first-order valence-corrected chi connectivity index (χ1v) is 5.93. The quantitative estimate of drug-likeness (QED) is 0.689. The monoisotopic (exact) mass is 220 g/mol. The topological polar surface area (TPSA) is 54.3 Å². The molecular weight excluding hydrogens is 204 g/mol. The highest BCUT2D eigenvalue weighted by molar-refractivity contribution is 5.23. The minimum Gasteiger partial charge on any atom is -0.503 e. The van der Waals surface area contributed by atoms with Crippen molar-refractivity contribution in [1.82, 2.24) is 9.88 Å². The Bertz CT molecular complexity index is 467. The van der Waals surface area contributed by atoms with Gasteiger partial charge in [0.25, 0.3) is 0 Å². The van der Waals surface area contributed by atoms with Gasteiger partial charge in [-0.2, -0.15) is 0 Å². The minimum atomic E-state index is -0.276. The molecule has 0 radical (unpaired) electrons. The van der Waals surface area contributed by atoms with E-state index in [1.807, 2.05) is 0 Å². The third-order valence-corrected chi connectivity index (χ3v) is 3.78. The fourth-order valence-corrected chi connectivity index (χ4v) is 2.95. The highest BCUT2D eigenvalue weighted by Crippen LogP contribution is 2.32. The van der Waals surface area contributed by atoms with Gasteiger partial charge in [-0.05, 0) is 12.8 Å². The summed E-state index contributed by atoms with van der Waals surface area (Å²) in [6, 6.07) is 2.46. The number of fused-ring (bicyclic) bond motifs is 3. The van der Waals surface area contributed by atoms with Crippen molar-refractivity contribution in [2.45, 2.75) is 44.3 Å². The second-order valence-electron chi connectivity index (χ2n) is 4.76. The molecule has 1 saturated carbocycles. The molecule has 0 bridgehead atoms. The summed E-state index contributed by atoms with van der Waals surface area (Å²) in [6.45, 7) is 0.733. The summed E-state index contributed by atoms with van der Waals surface area (Å²) < 4.78 is 2.09. The average molecular weight is 220 g/mol. The van der Waals surface area contributed by atoms with Crippen molar-refractivity contribution in [3.63, 3.8) is 0 Å². The maximum absolute atomic E-state index is 11.4. The number of nitrogens with zero attached hydrogens (tertiary/aromatic N) is 1. The lowest BCUT2D eigenvalue weighted by molar-refractivity contribution is 0.226. The van der Waals surface area contributed by atoms with Crippen molar-refractivity contribution in [1.29, 1.82) is 0 Å². The van der Waals surface area contributed by atoms with E-state index in [9.17, 15) is 9.90 Å². The van der Waals surface area contributed by atoms with Gasteiger partial charge in [0.1, 0.15) is 0 Å². The molecule has 0 spiro atoms. The molecule has 2 N–H and O–H groups in total. The van der Waals surface area contributed by atoms with E-state index in [1.54, 1.807) is 12.3 Å². The van der Waals surface area contributed by atoms with Crippen LogP contribution in [0, 0.1) is 0 Å². The Labute approximate surface area is 93.9 Å². The molecular formula is C12H16N2O2. The summed E-state index contributed by atoms with van der Waals surface area (Å²) in [5, 5.41) is 13.0. The van der Waals surface area contributed by atoms with E-state index in [2.05, 4.69) is 9.88 Å². The molecule has 3 rings (SSSR count). The van der Waals surface area contributed by atoms with E-state index in [4.69, 9.17) is 0 Å². The Morgan fingerprint density at radius 3 is 3.06 bits per heavy atom. The third-order valence-electron chi connectivity index (χ3n) is 3.78. The molecule has 1 fully saturated rings. The first-order valence-electron chi connectivity index (χ1n) is 5.93. The summed E-state index contributed by atoms with van der Waals surface area (Å²) >= 11 is 0. The number of hydrogen-bond acceptors (Lipinski definition) is 3. The van der Waals surface area contributed by atoms with E-state index < -0.39 is 0 Å². The van der Waals surface area contributed by atoms with Crippen molar-refractivity contribution < 1.29 is 5.11 Å². The number of pyridine rings is 1. The van der Waals surface area contributed by atoms with Crippen LogP contribution in [0.4, 0.5) is 0 Å². The van der Waals surface area contributed by atoms with Gasteiger partial charge in [-0.15, -0.1) is 0 Å². The summed E-state index contributed by atoms with van der Waals surface area (Å²) in [7, 11) is 0. The van der Waals surface area contributed by atoms with Gasteiger partial charge in [0.2, 0.25) is 5.43 Å². The molecule has 0 unspecified atom stereocenters. The molecule has 86 valence electrons. The molecule has 2 heterocycles. The fraction of sp³-hybridized carbons (Fsp3) is 0.583. The van der Waals surface area contributed by atoms with Crippen LogP contribution in [0.5, 0.6) is 5.75 Å². The molecule has 4 heteroatoms. The number of hydrogen-bond donors (Lipinski definition) is 2. The zero-order valence-corrected chi connectivity index (χ0v) is 9.15. The van der Waals surface area contributed by atoms with Crippen molar-refractivity contribution in [3.8, 4) is 5.75 Å². The van der Waals surface area contributed by atoms with Crippen LogP contribution in [-0.4, -0.2) is 15.7 Å². The highest BCUT2D eigenvalue weighted by atomic mass is 16.3. The number of nitrogens with one attached hydrogen (secondary N) is 1. The normalized spacial score (nSPS) is 28.2. The smallest absolute Gasteiger partial charge is 0.223 e. The van der Waals surface area contributed by atoms with Gasteiger partial charge in [0.15, 0.2) is 5.75 Å². The maximum Gasteiger partial charge on any atom is 0.223 e. The van der Waals surface area contributed by atoms with Gasteiger partial charge in [-0.1, -0.05) is 12.8 Å². The van der Waals surface area contributed by atoms with Crippen LogP contribution >= 0.6 is 0 Å². The molecule has 0 saturated heterocycles. The zero-order chi connectivity index (χ0) is 11.1. The number of aromatic nitrogens is 1. The Balaban J connectivity index is 2.07. The van der Waals surface area contributed by atoms with E-state index in [0.717, 1.165) is 18.7 Å². The van der Waals surface area contributed by atoms with Gasteiger partial charge in [0.05, 0.1) is 6.20 Å². The van der Waals surface area contributed by atoms with E-state index >= 15 is 0 Å². The Morgan fingerprint density at radius 1 is 1.38 bits per heavy atom. The summed E-state index contributed by atoms with van der Waals surface area (Å²) in [6.07, 6.45) is 6.44. The van der Waals surface area contributed by atoms with E-state index in [1.165, 1.54) is 19.3 Å². The molecule has 0 amide bonds. The minimum absolute atomic E-state index is 0.130. The van der Waals surface area contributed by atoms with Crippen molar-refractivity contribution >= 4 is 0 Å². The van der Waals surface area contributed by atoms with Crippen LogP contribution in [0.2, 0.25) is 0 Å². The molecule has 1 aliphatic carbocycles. The molecule has 2 aliphatic rings. The van der Waals surface area contributed by atoms with Crippen molar-refractivity contribution in [2.24, 2.45) is 0 Å². The van der Waals surface area contributed by atoms with Gasteiger partial charge in [0, 0.05) is 30.4 Å². The molecule has 1 aliphatic heterocycles. The Kier molecular flexibility index (Phi) is 2.24. The second kappa shape index (κ2) is 3.63. The predicted octanol–water partition coefficient (Wildman–Crippen LogP) is 1.14. The molecule has 1 aromatic rings. The summed E-state index contributed by atoms with van der Waals surface area (Å²) in [5.74, 6) is -0.130. The SMILES string of the molecule is O=c1cc2n(cc1O)[C@@H]1CCCC[C@H]1NC2. The van der Waals surface area contributed by atoms with Crippen LogP contribution in [0.3, 0.4) is 0 Å². The molecule has 0 aromatic carbocycles. The van der Waals surface area contributed by atoms with Crippen molar-refractivity contribution in [3.05, 3.63) is 28.2 Å². The number of aromatic hydroxyl groups is 1. The Morgan fingerprint density at radius 2 is 2.19 bits per heavy atom. The summed E-state index contributed by atoms with van der Waals surface area (Å²) in [4.78, 5) is 11.4. The lowest BCUT2D eigenvalue weighted by atomic mass is 9.88. The highest BCUT2D eigenvalue weighted by Gasteiger charge is 2.30. The second-order valence-corrected chi connectivity index (χ2v) is 4.76. The Hall–Kier alpha value is -1.29. The lowest BCUT2D eigenvalue weighted by Crippen LogP contribution is -2.45. The van der Waals surface area contributed by atoms with Crippen LogP contribution in [0.15, 0.2) is 17.1 Å². The molecule has 2 atom stereocenters. The standard InChI is InChI=1S/C12H16N2O2/c15-11-5-8-6-13-9-3-1-2-4-10(9)14(8)7-12(11)16/h5,7,9-10,13,16H,1-4,6H2/t9-,10-/m1/s1. The summed E-state index contributed by atoms with van der Waals surface area (Å²) in [5.41, 5.74) is 0.716. The largest absolute Gasteiger partial charge is 0.503 e. The van der Waals surface area contributed by atoms with Gasteiger partial charge in [-0.3, -0.25) is 4.79 Å². The van der Waals surface area contributed by atoms with Gasteiger partial charge in [-0.25, -0.2) is 0 Å². The average Bonchev–Trinajstić information content (AvgIpc) is 2.31. The van der Waals surface area contributed by atoms with Crippen LogP contribution < -0.4 is 10.7 Å². The maximum atomic E-state index is 11.4. The molecule has 16 heavy (non-hydrogen) atoms. The first-order chi connectivity index (χ1) is 7.75. The van der Waals surface area contributed by atoms with Crippen LogP contribution in [0.1, 0.15) is 37.4 Å². The van der Waals surface area contributed by atoms with Crippen LogP contribution in [-0.2, 0) is 6.54 Å². The van der Waals surface area contributed by atoms with E-state index in [-0.39, 0.29) is 11.2 Å². The van der Waals surface area contributed by atoms with Gasteiger partial charge < -0.3 is 15.0 Å². The fourth-order valence-electron chi connectivity index (χ4n) is 2.95. The zero-order valence-electron chi connectivity index (χ0n) is 9.15. The molecule has 1 aromatic heterocycles. The third kappa shape index (κ3) is 1.45. The predicted molar refractivity (Wildman–Crippen MR) is 60.5 cm³/mol. The van der Waals surface area contributed by atoms with E-state index in [0.29, 0.717) is 12.1 Å².